The van der Waals surface area contributed by atoms with E-state index in [2.05, 4.69) is 56.3 Å². The Morgan fingerprint density at radius 2 is 1.75 bits per heavy atom. The lowest BCUT2D eigenvalue weighted by Gasteiger charge is -2.20. The monoisotopic (exact) mass is 213 g/mol. The number of benzene rings is 2. The summed E-state index contributed by atoms with van der Waals surface area (Å²) in [6.07, 6.45) is 1.12. The maximum atomic E-state index is 6.32. The molecule has 0 aliphatic heterocycles. The van der Waals surface area contributed by atoms with Crippen molar-refractivity contribution >= 4 is 10.8 Å². The maximum Gasteiger partial charge on any atom is 0.0326 e. The van der Waals surface area contributed by atoms with Crippen molar-refractivity contribution in [2.45, 2.75) is 26.3 Å². The molecule has 0 fully saturated rings. The van der Waals surface area contributed by atoms with Gasteiger partial charge in [-0.25, -0.2) is 0 Å². The van der Waals surface area contributed by atoms with Gasteiger partial charge in [-0.3, -0.25) is 0 Å². The molecule has 0 spiro atoms. The number of hydrogen-bond acceptors (Lipinski definition) is 1. The van der Waals surface area contributed by atoms with E-state index in [4.69, 9.17) is 5.73 Å². The Bertz CT molecular complexity index is 470. The summed E-state index contributed by atoms with van der Waals surface area (Å²) in [5.41, 5.74) is 7.59. The van der Waals surface area contributed by atoms with Gasteiger partial charge in [0.15, 0.2) is 0 Å². The summed E-state index contributed by atoms with van der Waals surface area (Å²) < 4.78 is 0. The van der Waals surface area contributed by atoms with E-state index < -0.39 is 0 Å². The predicted molar refractivity (Wildman–Crippen MR) is 70.3 cm³/mol. The van der Waals surface area contributed by atoms with Crippen molar-refractivity contribution < 1.29 is 0 Å². The summed E-state index contributed by atoms with van der Waals surface area (Å²) >= 11 is 0. The Morgan fingerprint density at radius 3 is 2.50 bits per heavy atom. The van der Waals surface area contributed by atoms with Gasteiger partial charge in [0.2, 0.25) is 0 Å². The van der Waals surface area contributed by atoms with Crippen LogP contribution in [0.4, 0.5) is 0 Å². The van der Waals surface area contributed by atoms with Crippen LogP contribution in [0.15, 0.2) is 42.5 Å². The number of fused-ring (bicyclic) bond motifs is 1. The molecule has 0 bridgehead atoms. The molecule has 1 heteroatoms. The molecule has 1 unspecified atom stereocenters. The van der Waals surface area contributed by atoms with Gasteiger partial charge in [-0.2, -0.15) is 0 Å². The van der Waals surface area contributed by atoms with E-state index in [9.17, 15) is 0 Å². The highest BCUT2D eigenvalue weighted by Gasteiger charge is 2.14. The second-order valence-corrected chi connectivity index (χ2v) is 4.48. The standard InChI is InChI=1S/C15H19N/c1-3-11(2)15(16)14-10-6-8-12-7-4-5-9-13(12)14/h4-11,15H,3,16H2,1-2H3/t11?,15-/m1/s1. The van der Waals surface area contributed by atoms with Crippen LogP contribution in [0.2, 0.25) is 0 Å². The molecule has 2 atom stereocenters. The van der Waals surface area contributed by atoms with Crippen LogP contribution in [0.3, 0.4) is 0 Å². The second kappa shape index (κ2) is 4.67. The quantitative estimate of drug-likeness (QED) is 0.822. The fourth-order valence-corrected chi connectivity index (χ4v) is 2.10. The van der Waals surface area contributed by atoms with E-state index in [1.54, 1.807) is 0 Å². The minimum Gasteiger partial charge on any atom is -0.324 e. The van der Waals surface area contributed by atoms with Crippen molar-refractivity contribution in [3.05, 3.63) is 48.0 Å². The zero-order chi connectivity index (χ0) is 11.5. The van der Waals surface area contributed by atoms with Gasteiger partial charge in [0.25, 0.3) is 0 Å². The normalized spacial score (nSPS) is 14.9. The lowest BCUT2D eigenvalue weighted by molar-refractivity contribution is 0.459. The fourth-order valence-electron chi connectivity index (χ4n) is 2.10. The first kappa shape index (κ1) is 11.2. The van der Waals surface area contributed by atoms with E-state index in [1.165, 1.54) is 16.3 Å². The summed E-state index contributed by atoms with van der Waals surface area (Å²) in [7, 11) is 0. The van der Waals surface area contributed by atoms with Crippen molar-refractivity contribution in [3.63, 3.8) is 0 Å². The summed E-state index contributed by atoms with van der Waals surface area (Å²) in [6, 6.07) is 15.0. The Hall–Kier alpha value is -1.34. The lowest BCUT2D eigenvalue weighted by atomic mass is 9.90. The first-order chi connectivity index (χ1) is 7.74. The first-order valence-corrected chi connectivity index (χ1v) is 5.97. The summed E-state index contributed by atoms with van der Waals surface area (Å²) in [6.45, 7) is 4.40. The molecule has 0 radical (unpaired) electrons. The van der Waals surface area contributed by atoms with Crippen molar-refractivity contribution in [1.29, 1.82) is 0 Å². The van der Waals surface area contributed by atoms with Gasteiger partial charge < -0.3 is 5.73 Å². The molecule has 2 aromatic carbocycles. The molecule has 0 aliphatic rings. The van der Waals surface area contributed by atoms with E-state index >= 15 is 0 Å². The van der Waals surface area contributed by atoms with Gasteiger partial charge in [0, 0.05) is 6.04 Å². The Morgan fingerprint density at radius 1 is 1.06 bits per heavy atom. The molecular formula is C15H19N. The van der Waals surface area contributed by atoms with Crippen LogP contribution in [0, 0.1) is 5.92 Å². The average Bonchev–Trinajstić information content (AvgIpc) is 2.36. The fraction of sp³-hybridized carbons (Fsp3) is 0.333. The van der Waals surface area contributed by atoms with Crippen molar-refractivity contribution in [3.8, 4) is 0 Å². The minimum atomic E-state index is 0.135. The van der Waals surface area contributed by atoms with Crippen LogP contribution in [0.5, 0.6) is 0 Å². The molecule has 2 rings (SSSR count). The summed E-state index contributed by atoms with van der Waals surface area (Å²) in [5, 5.41) is 2.57. The SMILES string of the molecule is CCC(C)[C@@H](N)c1cccc2ccccc12. The third-order valence-corrected chi connectivity index (χ3v) is 3.44. The van der Waals surface area contributed by atoms with Crippen LogP contribution in [0.25, 0.3) is 10.8 Å². The molecular weight excluding hydrogens is 194 g/mol. The van der Waals surface area contributed by atoms with Crippen molar-refractivity contribution in [1.82, 2.24) is 0 Å². The molecule has 0 heterocycles. The third-order valence-electron chi connectivity index (χ3n) is 3.44. The van der Waals surface area contributed by atoms with Gasteiger partial charge in [-0.15, -0.1) is 0 Å². The topological polar surface area (TPSA) is 26.0 Å². The van der Waals surface area contributed by atoms with Crippen LogP contribution >= 0.6 is 0 Å². The molecule has 2 aromatic rings. The van der Waals surface area contributed by atoms with Crippen LogP contribution in [0.1, 0.15) is 31.9 Å². The highest BCUT2D eigenvalue weighted by molar-refractivity contribution is 5.86. The van der Waals surface area contributed by atoms with Gasteiger partial charge in [0.1, 0.15) is 0 Å². The molecule has 1 nitrogen and oxygen atoms in total. The molecule has 0 saturated heterocycles. The zero-order valence-electron chi connectivity index (χ0n) is 9.98. The summed E-state index contributed by atoms with van der Waals surface area (Å²) in [5.74, 6) is 0.519. The van der Waals surface area contributed by atoms with Crippen LogP contribution < -0.4 is 5.73 Å². The number of rotatable bonds is 3. The molecule has 0 aliphatic carbocycles. The van der Waals surface area contributed by atoms with Crippen LogP contribution in [-0.4, -0.2) is 0 Å². The van der Waals surface area contributed by atoms with Crippen LogP contribution in [-0.2, 0) is 0 Å². The number of hydrogen-bond donors (Lipinski definition) is 1. The van der Waals surface area contributed by atoms with Gasteiger partial charge in [-0.1, -0.05) is 62.7 Å². The zero-order valence-corrected chi connectivity index (χ0v) is 9.98. The minimum absolute atomic E-state index is 0.135. The third kappa shape index (κ3) is 1.96. The maximum absolute atomic E-state index is 6.32. The van der Waals surface area contributed by atoms with E-state index in [0.29, 0.717) is 5.92 Å². The number of nitrogens with two attached hydrogens (primary N) is 1. The molecule has 2 N–H and O–H groups in total. The van der Waals surface area contributed by atoms with Crippen molar-refractivity contribution in [2.24, 2.45) is 11.7 Å². The Labute approximate surface area is 97.3 Å². The largest absolute Gasteiger partial charge is 0.324 e. The van der Waals surface area contributed by atoms with Crippen molar-refractivity contribution in [2.75, 3.05) is 0 Å². The van der Waals surface area contributed by atoms with E-state index in [1.807, 2.05) is 0 Å². The molecule has 84 valence electrons. The van der Waals surface area contributed by atoms with Gasteiger partial charge >= 0.3 is 0 Å². The Kier molecular flexibility index (Phi) is 3.25. The smallest absolute Gasteiger partial charge is 0.0326 e. The molecule has 0 amide bonds. The Balaban J connectivity index is 2.52. The lowest BCUT2D eigenvalue weighted by Crippen LogP contribution is -2.18. The van der Waals surface area contributed by atoms with E-state index in [-0.39, 0.29) is 6.04 Å². The average molecular weight is 213 g/mol. The second-order valence-electron chi connectivity index (χ2n) is 4.48. The molecule has 0 aromatic heterocycles. The summed E-state index contributed by atoms with van der Waals surface area (Å²) in [4.78, 5) is 0. The molecule has 16 heavy (non-hydrogen) atoms. The van der Waals surface area contributed by atoms with Gasteiger partial charge in [0.05, 0.1) is 0 Å². The molecule has 0 saturated carbocycles. The predicted octanol–water partition coefficient (Wildman–Crippen LogP) is 3.89. The highest BCUT2D eigenvalue weighted by Crippen LogP contribution is 2.28. The van der Waals surface area contributed by atoms with E-state index in [0.717, 1.165) is 6.42 Å². The first-order valence-electron chi connectivity index (χ1n) is 5.97. The van der Waals surface area contributed by atoms with Gasteiger partial charge in [-0.05, 0) is 22.3 Å². The highest BCUT2D eigenvalue weighted by atomic mass is 14.6.